The van der Waals surface area contributed by atoms with E-state index < -0.39 is 239 Å². The Kier molecular flexibility index (Phi) is 23.8. The maximum absolute atomic E-state index is 15.2. The maximum Gasteiger partial charge on any atom is 0.246 e. The van der Waals surface area contributed by atoms with Crippen LogP contribution in [-0.4, -0.2) is 311 Å². The van der Waals surface area contributed by atoms with Crippen molar-refractivity contribution in [2.45, 2.75) is 172 Å². The van der Waals surface area contributed by atoms with Crippen molar-refractivity contribution in [1.82, 2.24) is 42.1 Å². The number of fused-ring (bicyclic) bond motifs is 1. The first-order valence-electron chi connectivity index (χ1n) is 31.7. The van der Waals surface area contributed by atoms with Crippen molar-refractivity contribution in [3.05, 3.63) is 95.6 Å². The third kappa shape index (κ3) is 16.4. The van der Waals surface area contributed by atoms with Crippen LogP contribution in [0.15, 0.2) is 88.8 Å². The van der Waals surface area contributed by atoms with Gasteiger partial charge in [0.1, 0.15) is 127 Å². The van der Waals surface area contributed by atoms with Gasteiger partial charge in [0.25, 0.3) is 0 Å². The van der Waals surface area contributed by atoms with E-state index in [4.69, 9.17) is 44.6 Å². The molecule has 0 spiro atoms. The van der Waals surface area contributed by atoms with Crippen LogP contribution in [0.3, 0.4) is 0 Å². The Bertz CT molecular complexity index is 3380. The molecule has 7 aliphatic heterocycles. The molecule has 3 aromatic rings. The number of nitrogens with one attached hydrogen (secondary N) is 7. The van der Waals surface area contributed by atoms with E-state index in [2.05, 4.69) is 47.2 Å². The molecule has 26 unspecified atom stereocenters. The number of hydrogen-bond acceptors (Lipinski definition) is 32. The summed E-state index contributed by atoms with van der Waals surface area (Å²) in [4.78, 5) is 96.5. The van der Waals surface area contributed by atoms with Gasteiger partial charge in [-0.2, -0.15) is 0 Å². The van der Waals surface area contributed by atoms with Crippen LogP contribution in [-0.2, 0) is 63.6 Å². The minimum Gasteiger partial charge on any atom is -0.508 e. The average molecular weight is 1400 g/mol. The molecule has 38 heteroatoms. The number of carbonyl (C=O) groups excluding carboxylic acids is 6. The van der Waals surface area contributed by atoms with E-state index in [1.54, 1.807) is 49.4 Å². The quantitative estimate of drug-likeness (QED) is 0.0597. The lowest BCUT2D eigenvalue weighted by Gasteiger charge is -2.48. The van der Waals surface area contributed by atoms with Crippen molar-refractivity contribution in [3.8, 4) is 11.5 Å². The van der Waals surface area contributed by atoms with Gasteiger partial charge in [0.2, 0.25) is 41.7 Å². The highest BCUT2D eigenvalue weighted by Crippen LogP contribution is 2.38. The number of aromatic hydroxyl groups is 1. The molecule has 6 amide bonds. The Morgan fingerprint density at radius 2 is 1.28 bits per heavy atom. The second-order valence-corrected chi connectivity index (χ2v) is 24.7. The molecule has 3 aromatic carbocycles. The Morgan fingerprint density at radius 3 is 1.96 bits per heavy atom. The summed E-state index contributed by atoms with van der Waals surface area (Å²) in [7, 11) is 0. The fourth-order valence-electron chi connectivity index (χ4n) is 12.6. The number of amides is 6. The molecule has 10 rings (SSSR count). The number of hydrogen-bond donors (Lipinski definition) is 22. The highest BCUT2D eigenvalue weighted by atomic mass is 16.8. The first-order valence-corrected chi connectivity index (χ1v) is 31.7. The van der Waals surface area contributed by atoms with E-state index in [0.29, 0.717) is 11.1 Å². The number of carbonyl (C=O) groups is 6. The molecule has 7 aliphatic rings. The SMILES string of the molecule is CC(c1ccccc1)C1NC(=O)CNC(=O)C(CO)NC(=O)C(C(O)C2CN=C(N)N2C2OC(CO)C(O)C(O)C2O)NC(=O)C(C(O)C2CN=C(N)N2)NC(=O)C(Cc2ccc(OC3OC(CO)C(OC4OC5COC(c6cccc(O)c6)OC5C(O)C4O)C(O)C3O)cc2)NC1=O. The molecule has 0 aliphatic carbocycles. The molecule has 542 valence electrons. The summed E-state index contributed by atoms with van der Waals surface area (Å²) in [5.74, 6) is -9.03. The number of aliphatic imine (C=N–C) groups is 2. The molecule has 5 saturated heterocycles. The predicted molar refractivity (Wildman–Crippen MR) is 332 cm³/mol. The molecule has 99 heavy (non-hydrogen) atoms. The number of aliphatic hydroxyl groups is 12. The second kappa shape index (κ2) is 32.0. The summed E-state index contributed by atoms with van der Waals surface area (Å²) >= 11 is 0. The van der Waals surface area contributed by atoms with Crippen molar-refractivity contribution in [2.75, 3.05) is 46.1 Å². The van der Waals surface area contributed by atoms with Gasteiger partial charge in [0, 0.05) is 17.9 Å². The zero-order valence-electron chi connectivity index (χ0n) is 52.8. The fourth-order valence-corrected chi connectivity index (χ4v) is 12.6. The molecular weight excluding hydrogens is 1320 g/mol. The van der Waals surface area contributed by atoms with Gasteiger partial charge in [-0.1, -0.05) is 61.5 Å². The van der Waals surface area contributed by atoms with Crippen molar-refractivity contribution < 1.29 is 128 Å². The van der Waals surface area contributed by atoms with Crippen LogP contribution in [0.1, 0.15) is 35.8 Å². The number of phenols is 1. The lowest BCUT2D eigenvalue weighted by Crippen LogP contribution is -2.70. The van der Waals surface area contributed by atoms with Crippen LogP contribution in [0.5, 0.6) is 11.5 Å². The minimum absolute atomic E-state index is 0.0583. The number of nitrogens with two attached hydrogens (primary N) is 2. The van der Waals surface area contributed by atoms with Crippen molar-refractivity contribution in [3.63, 3.8) is 0 Å². The zero-order chi connectivity index (χ0) is 71.3. The van der Waals surface area contributed by atoms with Gasteiger partial charge in [-0.3, -0.25) is 38.8 Å². The summed E-state index contributed by atoms with van der Waals surface area (Å²) in [5, 5.41) is 160. The molecule has 0 aromatic heterocycles. The molecule has 26 atom stereocenters. The molecule has 24 N–H and O–H groups in total. The number of aliphatic hydroxyl groups excluding tert-OH is 12. The van der Waals surface area contributed by atoms with Gasteiger partial charge in [0.05, 0.1) is 58.1 Å². The van der Waals surface area contributed by atoms with Gasteiger partial charge in [-0.25, -0.2) is 0 Å². The van der Waals surface area contributed by atoms with Gasteiger partial charge in [0.15, 0.2) is 30.7 Å². The maximum atomic E-state index is 15.2. The molecule has 7 heterocycles. The second-order valence-electron chi connectivity index (χ2n) is 24.7. The first kappa shape index (κ1) is 73.6. The normalized spacial score (nSPS) is 36.9. The van der Waals surface area contributed by atoms with E-state index in [1.807, 2.05) is 0 Å². The lowest BCUT2D eigenvalue weighted by molar-refractivity contribution is -0.383. The minimum atomic E-state index is -2.35. The fraction of sp³-hybridized carbons (Fsp3) is 0.574. The van der Waals surface area contributed by atoms with E-state index in [9.17, 15) is 85.6 Å². The van der Waals surface area contributed by atoms with Gasteiger partial charge in [-0.15, -0.1) is 0 Å². The summed E-state index contributed by atoms with van der Waals surface area (Å²) < 4.78 is 41.0. The number of nitrogens with zero attached hydrogens (tertiary/aromatic N) is 3. The average Bonchev–Trinajstić information content (AvgIpc) is 1.76. The molecule has 0 saturated carbocycles. The van der Waals surface area contributed by atoms with Crippen LogP contribution in [0.2, 0.25) is 0 Å². The van der Waals surface area contributed by atoms with E-state index in [0.717, 1.165) is 4.90 Å². The Hall–Kier alpha value is -8.10. The summed E-state index contributed by atoms with van der Waals surface area (Å²) in [6.07, 6.45) is -31.2. The standard InChI is InChI=1S/C61H82N12O26/c1-23(25-6-3-2-4-7-25)37-53(90)67-29(14-24-10-12-28(13-11-24)94-58-47(86)44(83)49(34(21-76)96-58)99-59-48(87)45(84)50-35(97-59)22-93-57(98-50)26-8-5-9-27(77)15-26)52(89)71-38(40(79)30-16-65-60(62)69-30)55(92)72-39(54(91)68-31(19-74)51(88)64-18-36(78)70-37)41(80)32-17-66-61(63)73(32)56-46(85)43(82)42(81)33(20-75)95-56/h2-13,15,23,29-35,37-50,56-59,74-77,79-87H,14,16-22H2,1H3,(H2,63,66)(H,64,88)(H,67,90)(H,68,91)(H,70,78)(H,71,89)(H,72,92)(H3,62,65,69). The van der Waals surface area contributed by atoms with E-state index in [-0.39, 0.29) is 36.2 Å². The lowest BCUT2D eigenvalue weighted by atomic mass is 9.92. The largest absolute Gasteiger partial charge is 0.508 e. The Balaban J connectivity index is 0.907. The molecular formula is C61H82N12O26. The van der Waals surface area contributed by atoms with Crippen LogP contribution < -0.4 is 53.4 Å². The van der Waals surface area contributed by atoms with Crippen LogP contribution >= 0.6 is 0 Å². The highest BCUT2D eigenvalue weighted by molar-refractivity contribution is 5.98. The Labute approximate surface area is 562 Å². The summed E-state index contributed by atoms with van der Waals surface area (Å²) in [6, 6.07) is 6.92. The van der Waals surface area contributed by atoms with Gasteiger partial charge in [-0.05, 0) is 35.4 Å². The number of phenolic OH excluding ortho intramolecular Hbond substituents is 1. The highest BCUT2D eigenvalue weighted by Gasteiger charge is 2.55. The third-order valence-corrected chi connectivity index (χ3v) is 18.1. The van der Waals surface area contributed by atoms with Crippen LogP contribution in [0.25, 0.3) is 0 Å². The number of ether oxygens (including phenoxy) is 7. The van der Waals surface area contributed by atoms with Crippen LogP contribution in [0.4, 0.5) is 0 Å². The molecule has 0 radical (unpaired) electrons. The molecule has 38 nitrogen and oxygen atoms in total. The monoisotopic (exact) mass is 1400 g/mol. The van der Waals surface area contributed by atoms with E-state index in [1.165, 1.54) is 36.4 Å². The van der Waals surface area contributed by atoms with Crippen molar-refractivity contribution >= 4 is 47.4 Å². The summed E-state index contributed by atoms with van der Waals surface area (Å²) in [6.45, 7) is -3.31. The van der Waals surface area contributed by atoms with Crippen molar-refractivity contribution in [2.24, 2.45) is 21.5 Å². The van der Waals surface area contributed by atoms with Gasteiger partial charge >= 0.3 is 0 Å². The number of rotatable bonds is 17. The summed E-state index contributed by atoms with van der Waals surface area (Å²) in [5.41, 5.74) is 13.3. The Morgan fingerprint density at radius 1 is 0.616 bits per heavy atom. The first-order chi connectivity index (χ1) is 47.3. The van der Waals surface area contributed by atoms with Gasteiger partial charge < -0.3 is 153 Å². The number of benzene rings is 3. The smallest absolute Gasteiger partial charge is 0.246 e. The number of guanidine groups is 2. The van der Waals surface area contributed by atoms with E-state index >= 15 is 9.59 Å². The van der Waals surface area contributed by atoms with Crippen LogP contribution in [0, 0.1) is 0 Å². The topological polar surface area (TPSA) is 594 Å². The third-order valence-electron chi connectivity index (χ3n) is 18.1. The molecule has 0 bridgehead atoms. The van der Waals surface area contributed by atoms with Crippen molar-refractivity contribution in [1.29, 1.82) is 0 Å². The molecule has 5 fully saturated rings. The predicted octanol–water partition coefficient (Wildman–Crippen LogP) is -11.1. The zero-order valence-corrected chi connectivity index (χ0v) is 52.8.